The third-order valence-corrected chi connectivity index (χ3v) is 5.29. The van der Waals surface area contributed by atoms with Crippen LogP contribution in [-0.2, 0) is 9.84 Å². The zero-order chi connectivity index (χ0) is 15.3. The molecule has 1 aliphatic carbocycles. The first-order valence-corrected chi connectivity index (χ1v) is 9.09. The summed E-state index contributed by atoms with van der Waals surface area (Å²) in [5, 5.41) is -0.281. The predicted molar refractivity (Wildman–Crippen MR) is 83.9 cm³/mol. The molecule has 0 heterocycles. The van der Waals surface area contributed by atoms with E-state index >= 15 is 0 Å². The fourth-order valence-electron chi connectivity index (χ4n) is 2.59. The van der Waals surface area contributed by atoms with E-state index in [1.807, 2.05) is 24.3 Å². The first-order valence-electron chi connectivity index (χ1n) is 7.13. The van der Waals surface area contributed by atoms with Crippen LogP contribution in [0.5, 0.6) is 5.75 Å². The van der Waals surface area contributed by atoms with E-state index in [2.05, 4.69) is 11.8 Å². The largest absolute Gasteiger partial charge is 0.490 e. The van der Waals surface area contributed by atoms with E-state index in [4.69, 9.17) is 10.5 Å². The van der Waals surface area contributed by atoms with Crippen molar-refractivity contribution in [2.75, 3.05) is 12.8 Å². The van der Waals surface area contributed by atoms with E-state index in [0.717, 1.165) is 30.6 Å². The average molecular weight is 307 g/mol. The van der Waals surface area contributed by atoms with Gasteiger partial charge in [0.1, 0.15) is 15.6 Å². The van der Waals surface area contributed by atoms with Crippen molar-refractivity contribution in [1.29, 1.82) is 0 Å². The van der Waals surface area contributed by atoms with Crippen molar-refractivity contribution >= 4 is 9.84 Å². The summed E-state index contributed by atoms with van der Waals surface area (Å²) in [4.78, 5) is 0. The van der Waals surface area contributed by atoms with Crippen LogP contribution in [0.1, 0.15) is 31.2 Å². The second kappa shape index (κ2) is 6.97. The van der Waals surface area contributed by atoms with Crippen molar-refractivity contribution < 1.29 is 13.2 Å². The summed E-state index contributed by atoms with van der Waals surface area (Å²) in [6.45, 7) is 0.323. The summed E-state index contributed by atoms with van der Waals surface area (Å²) in [6.07, 6.45) is 4.34. The fourth-order valence-corrected chi connectivity index (χ4v) is 3.75. The highest BCUT2D eigenvalue weighted by Crippen LogP contribution is 2.27. The highest BCUT2D eigenvalue weighted by Gasteiger charge is 2.29. The number of rotatable bonds is 3. The Hall–Kier alpha value is -1.51. The van der Waals surface area contributed by atoms with Crippen LogP contribution in [-0.4, -0.2) is 32.6 Å². The Labute approximate surface area is 126 Å². The van der Waals surface area contributed by atoms with Crippen LogP contribution in [0.2, 0.25) is 0 Å². The van der Waals surface area contributed by atoms with Crippen molar-refractivity contribution in [3.63, 3.8) is 0 Å². The molecule has 114 valence electrons. The van der Waals surface area contributed by atoms with Crippen molar-refractivity contribution in [2.45, 2.75) is 37.0 Å². The molecule has 0 aliphatic heterocycles. The number of nitrogens with two attached hydrogens (primary N) is 1. The van der Waals surface area contributed by atoms with Crippen LogP contribution >= 0.6 is 0 Å². The van der Waals surface area contributed by atoms with Gasteiger partial charge in [-0.15, -0.1) is 0 Å². The van der Waals surface area contributed by atoms with Gasteiger partial charge in [0.2, 0.25) is 0 Å². The van der Waals surface area contributed by atoms with Crippen molar-refractivity contribution in [3.05, 3.63) is 29.8 Å². The Morgan fingerprint density at radius 3 is 2.90 bits per heavy atom. The lowest BCUT2D eigenvalue weighted by atomic mass is 9.97. The van der Waals surface area contributed by atoms with E-state index in [1.165, 1.54) is 6.26 Å². The maximum absolute atomic E-state index is 11.7. The minimum atomic E-state index is -2.99. The van der Waals surface area contributed by atoms with E-state index in [1.54, 1.807) is 0 Å². The molecule has 4 nitrogen and oxygen atoms in total. The third kappa shape index (κ3) is 4.76. The van der Waals surface area contributed by atoms with Gasteiger partial charge in [-0.1, -0.05) is 17.9 Å². The van der Waals surface area contributed by atoms with E-state index in [-0.39, 0.29) is 11.4 Å². The molecule has 0 spiro atoms. The molecule has 0 bridgehead atoms. The van der Waals surface area contributed by atoms with Gasteiger partial charge in [-0.3, -0.25) is 0 Å². The fraction of sp³-hybridized carbons (Fsp3) is 0.500. The summed E-state index contributed by atoms with van der Waals surface area (Å²) < 4.78 is 29.3. The smallest absolute Gasteiger partial charge is 0.150 e. The van der Waals surface area contributed by atoms with Gasteiger partial charge in [-0.2, -0.15) is 0 Å². The summed E-state index contributed by atoms with van der Waals surface area (Å²) in [6, 6.07) is 7.52. The molecule has 2 atom stereocenters. The van der Waals surface area contributed by atoms with Gasteiger partial charge in [0.15, 0.2) is 0 Å². The highest BCUT2D eigenvalue weighted by atomic mass is 32.2. The third-order valence-electron chi connectivity index (χ3n) is 3.66. The van der Waals surface area contributed by atoms with Crippen LogP contribution in [0.3, 0.4) is 0 Å². The lowest BCUT2D eigenvalue weighted by molar-refractivity contribution is 0.156. The minimum absolute atomic E-state index is 0.0452. The maximum Gasteiger partial charge on any atom is 0.150 e. The zero-order valence-electron chi connectivity index (χ0n) is 12.2. The molecule has 5 heteroatoms. The molecule has 0 radical (unpaired) electrons. The van der Waals surface area contributed by atoms with Gasteiger partial charge in [-0.25, -0.2) is 8.42 Å². The maximum atomic E-state index is 11.7. The van der Waals surface area contributed by atoms with E-state index in [9.17, 15) is 8.42 Å². The number of hydrogen-bond donors (Lipinski definition) is 1. The standard InChI is InChI=1S/C16H21NO3S/c1-21(18,19)16-9-3-8-15(12-16)20-14-7-2-5-13(11-14)6-4-10-17/h2,5,7,11,15-16H,3,8-10,12,17H2,1H3. The summed E-state index contributed by atoms with van der Waals surface area (Å²) in [7, 11) is -2.99. The molecule has 0 saturated heterocycles. The first-order chi connectivity index (χ1) is 9.99. The number of hydrogen-bond acceptors (Lipinski definition) is 4. The molecule has 0 amide bonds. The predicted octanol–water partition coefficient (Wildman–Crippen LogP) is 1.73. The Kier molecular flexibility index (Phi) is 5.27. The lowest BCUT2D eigenvalue weighted by Gasteiger charge is -2.28. The van der Waals surface area contributed by atoms with Crippen LogP contribution in [0.15, 0.2) is 24.3 Å². The number of ether oxygens (including phenoxy) is 1. The van der Waals surface area contributed by atoms with E-state index in [0.29, 0.717) is 13.0 Å². The molecule has 2 N–H and O–H groups in total. The Balaban J connectivity index is 2.04. The molecule has 1 aliphatic rings. The molecule has 21 heavy (non-hydrogen) atoms. The molecule has 1 aromatic rings. The van der Waals surface area contributed by atoms with Gasteiger partial charge >= 0.3 is 0 Å². The van der Waals surface area contributed by atoms with Crippen LogP contribution in [0.25, 0.3) is 0 Å². The molecule has 1 fully saturated rings. The molecule has 2 rings (SSSR count). The Bertz CT molecular complexity index is 643. The lowest BCUT2D eigenvalue weighted by Crippen LogP contribution is -2.33. The van der Waals surface area contributed by atoms with Gasteiger partial charge < -0.3 is 10.5 Å². The summed E-state index contributed by atoms with van der Waals surface area (Å²) >= 11 is 0. The number of sulfone groups is 1. The molecule has 0 aromatic heterocycles. The summed E-state index contributed by atoms with van der Waals surface area (Å²) in [5.41, 5.74) is 6.21. The quantitative estimate of drug-likeness (QED) is 0.864. The highest BCUT2D eigenvalue weighted by molar-refractivity contribution is 7.91. The van der Waals surface area contributed by atoms with Crippen LogP contribution < -0.4 is 10.5 Å². The number of benzene rings is 1. The molecule has 1 aromatic carbocycles. The van der Waals surface area contributed by atoms with Gasteiger partial charge in [0.05, 0.1) is 17.9 Å². The minimum Gasteiger partial charge on any atom is -0.490 e. The summed E-state index contributed by atoms with van der Waals surface area (Å²) in [5.74, 6) is 6.50. The van der Waals surface area contributed by atoms with E-state index < -0.39 is 9.84 Å². The molecular weight excluding hydrogens is 286 g/mol. The second-order valence-electron chi connectivity index (χ2n) is 5.39. The average Bonchev–Trinajstić information content (AvgIpc) is 2.45. The van der Waals surface area contributed by atoms with Crippen molar-refractivity contribution in [3.8, 4) is 17.6 Å². The van der Waals surface area contributed by atoms with Gasteiger partial charge in [-0.05, 0) is 37.5 Å². The Morgan fingerprint density at radius 1 is 1.38 bits per heavy atom. The van der Waals surface area contributed by atoms with Gasteiger partial charge in [0, 0.05) is 18.2 Å². The van der Waals surface area contributed by atoms with Crippen LogP contribution in [0.4, 0.5) is 0 Å². The normalized spacial score (nSPS) is 22.2. The topological polar surface area (TPSA) is 69.4 Å². The first kappa shape index (κ1) is 15.9. The van der Waals surface area contributed by atoms with Crippen molar-refractivity contribution in [1.82, 2.24) is 0 Å². The molecule has 2 unspecified atom stereocenters. The zero-order valence-corrected chi connectivity index (χ0v) is 13.0. The van der Waals surface area contributed by atoms with Crippen LogP contribution in [0, 0.1) is 11.8 Å². The SMILES string of the molecule is CS(=O)(=O)C1CCCC(Oc2cccc(C#CCN)c2)C1. The monoisotopic (exact) mass is 307 g/mol. The second-order valence-corrected chi connectivity index (χ2v) is 7.72. The van der Waals surface area contributed by atoms with Crippen molar-refractivity contribution in [2.24, 2.45) is 5.73 Å². The molecule has 1 saturated carbocycles. The Morgan fingerprint density at radius 2 is 2.19 bits per heavy atom. The molecular formula is C16H21NO3S. The van der Waals surface area contributed by atoms with Gasteiger partial charge in [0.25, 0.3) is 0 Å².